The number of hydrogen-bond donors (Lipinski definition) is 5. The predicted octanol–water partition coefficient (Wildman–Crippen LogP) is 14.5. The van der Waals surface area contributed by atoms with Crippen molar-refractivity contribution < 1.29 is 68.1 Å². The van der Waals surface area contributed by atoms with Crippen LogP contribution >= 0.6 is 0 Å². The number of carbonyl (C=O) groups excluding carboxylic acids is 1. The van der Waals surface area contributed by atoms with Crippen molar-refractivity contribution in [3.8, 4) is 6.19 Å². The van der Waals surface area contributed by atoms with Gasteiger partial charge in [-0.25, -0.2) is 19.2 Å². The molecule has 0 aliphatic carbocycles. The van der Waals surface area contributed by atoms with Crippen molar-refractivity contribution >= 4 is 84.3 Å². The third kappa shape index (κ3) is 19.4. The SMILES string of the molecule is Cc1ccc2c(c1)c(Cc1cnccc1C(=O)NC#N)nn2[C@H]1CCOC1.Cc1ccc2c(c1)c(Cc1cnccc1C(=O)O)nn2C1CCOC1.Cc1ccc2c(c1)c(Cc1cnccc1C(=O)O)nn2C1CCOC1.Cc1ccc2c(c1)c(Cc1cnccc1C(=O)O)nn2[C@@H]1CCOC1.Cc1ccc2c(c1)c(Cc1cnccc1C(=O)O)nn2[C@H]1CCOC1. The summed E-state index contributed by atoms with van der Waals surface area (Å²) < 4.78 is 37.8. The van der Waals surface area contributed by atoms with Crippen LogP contribution < -0.4 is 5.32 Å². The van der Waals surface area contributed by atoms with E-state index in [2.05, 4.69) is 128 Å². The predicted molar refractivity (Wildman–Crippen MR) is 471 cm³/mol. The molecule has 10 aromatic heterocycles. The first kappa shape index (κ1) is 86.4. The molecule has 15 aromatic rings. The summed E-state index contributed by atoms with van der Waals surface area (Å²) in [4.78, 5) is 78.6. The molecule has 127 heavy (non-hydrogen) atoms. The summed E-state index contributed by atoms with van der Waals surface area (Å²) in [7, 11) is 0. The molecule has 5 aliphatic rings. The van der Waals surface area contributed by atoms with Gasteiger partial charge in [0.05, 0.1) is 142 Å². The van der Waals surface area contributed by atoms with Crippen LogP contribution in [0.3, 0.4) is 0 Å². The van der Waals surface area contributed by atoms with E-state index in [0.717, 1.165) is 182 Å². The number of amides is 1. The first-order valence-electron chi connectivity index (χ1n) is 42.2. The zero-order valence-electron chi connectivity index (χ0n) is 70.9. The van der Waals surface area contributed by atoms with Gasteiger partial charge in [-0.05, 0) is 186 Å². The number of aromatic carboxylic acids is 4. The minimum atomic E-state index is -0.943. The lowest BCUT2D eigenvalue weighted by atomic mass is 10.0. The van der Waals surface area contributed by atoms with E-state index in [1.807, 2.05) is 51.1 Å². The molecular formula is C96H95N17O14. The number of nitriles is 1. The van der Waals surface area contributed by atoms with E-state index in [1.54, 1.807) is 49.4 Å². The van der Waals surface area contributed by atoms with Gasteiger partial charge in [-0.15, -0.1) is 0 Å². The molecule has 5 aliphatic heterocycles. The van der Waals surface area contributed by atoms with Crippen LogP contribution in [-0.2, 0) is 55.8 Å². The lowest BCUT2D eigenvalue weighted by Crippen LogP contribution is -2.19. The molecule has 0 saturated carbocycles. The number of rotatable bonds is 20. The largest absolute Gasteiger partial charge is 0.478 e. The second-order valence-corrected chi connectivity index (χ2v) is 32.5. The van der Waals surface area contributed by atoms with Crippen LogP contribution in [0, 0.1) is 46.1 Å². The molecule has 0 spiro atoms. The quantitative estimate of drug-likeness (QED) is 0.0349. The number of nitrogens with one attached hydrogen (secondary N) is 1. The van der Waals surface area contributed by atoms with Gasteiger partial charge in [-0.1, -0.05) is 58.1 Å². The third-order valence-electron chi connectivity index (χ3n) is 23.6. The molecule has 5 N–H and O–H groups in total. The van der Waals surface area contributed by atoms with E-state index in [9.17, 15) is 44.4 Å². The number of aromatic nitrogens is 15. The van der Waals surface area contributed by atoms with Gasteiger partial charge in [0.2, 0.25) is 0 Å². The number of ether oxygens (including phenoxy) is 5. The Hall–Kier alpha value is -14.2. The molecule has 20 rings (SSSR count). The first-order valence-corrected chi connectivity index (χ1v) is 42.2. The van der Waals surface area contributed by atoms with Gasteiger partial charge in [0.25, 0.3) is 5.91 Å². The Morgan fingerprint density at radius 1 is 0.331 bits per heavy atom. The Bertz CT molecular complexity index is 6030. The zero-order chi connectivity index (χ0) is 88.4. The maximum Gasteiger partial charge on any atom is 0.336 e. The Balaban J connectivity index is 0.000000117. The maximum atomic E-state index is 12.2. The van der Waals surface area contributed by atoms with Gasteiger partial charge in [-0.3, -0.25) is 58.4 Å². The van der Waals surface area contributed by atoms with Crippen molar-refractivity contribution in [1.82, 2.24) is 79.1 Å². The van der Waals surface area contributed by atoms with Crippen molar-refractivity contribution in [2.75, 3.05) is 66.1 Å². The molecule has 648 valence electrons. The highest BCUT2D eigenvalue weighted by atomic mass is 16.5. The Kier molecular flexibility index (Phi) is 26.5. The fourth-order valence-corrected chi connectivity index (χ4v) is 17.1. The number of fused-ring (bicyclic) bond motifs is 5. The molecule has 5 aromatic carbocycles. The van der Waals surface area contributed by atoms with Crippen molar-refractivity contribution in [1.29, 1.82) is 5.26 Å². The monoisotopic (exact) mass is 1710 g/mol. The van der Waals surface area contributed by atoms with Crippen molar-refractivity contribution in [3.63, 3.8) is 0 Å². The van der Waals surface area contributed by atoms with Crippen LogP contribution in [0.25, 0.3) is 54.5 Å². The van der Waals surface area contributed by atoms with Crippen LogP contribution in [0.15, 0.2) is 183 Å². The van der Waals surface area contributed by atoms with Gasteiger partial charge in [0.15, 0.2) is 6.19 Å². The highest BCUT2D eigenvalue weighted by molar-refractivity contribution is 5.97. The van der Waals surface area contributed by atoms with Crippen molar-refractivity contribution in [3.05, 3.63) is 295 Å². The van der Waals surface area contributed by atoms with Crippen LogP contribution in [0.1, 0.15) is 198 Å². The average Bonchev–Trinajstić information content (AvgIpc) is 1.65. The summed E-state index contributed by atoms with van der Waals surface area (Å²) in [5.41, 5.74) is 20.4. The number of carboxylic acid groups (broad SMARTS) is 4. The Morgan fingerprint density at radius 2 is 0.535 bits per heavy atom. The molecule has 15 heterocycles. The van der Waals surface area contributed by atoms with Gasteiger partial charge in [0, 0.05) is 160 Å². The van der Waals surface area contributed by atoms with E-state index < -0.39 is 29.8 Å². The Morgan fingerprint density at radius 3 is 0.724 bits per heavy atom. The molecule has 5 atom stereocenters. The summed E-state index contributed by atoms with van der Waals surface area (Å²) in [5.74, 6) is -4.20. The molecular weight excluding hydrogens is 1620 g/mol. The average molecular weight is 1710 g/mol. The van der Waals surface area contributed by atoms with E-state index in [-0.39, 0.29) is 52.5 Å². The highest BCUT2D eigenvalue weighted by Crippen LogP contribution is 2.36. The van der Waals surface area contributed by atoms with Crippen molar-refractivity contribution in [2.45, 2.75) is 129 Å². The van der Waals surface area contributed by atoms with Gasteiger partial charge in [0.1, 0.15) is 0 Å². The summed E-state index contributed by atoms with van der Waals surface area (Å²) in [5, 5.41) is 78.0. The molecule has 0 radical (unpaired) electrons. The highest BCUT2D eigenvalue weighted by Gasteiger charge is 2.31. The standard InChI is InChI=1S/C20H19N5O2.4C19H19N3O3/c1-13-2-3-19-17(8-13)18(24-25(19)15-5-7-27-11-15)9-14-10-22-6-4-16(14)20(26)23-12-21;4*1-12-2-3-18-16(8-12)17(21-22(18)14-5-7-25-11-14)9-13-10-20-6-4-15(13)19(23)24/h2-4,6,8,10,15H,5,7,9,11H2,1H3,(H,23,26);4*2-4,6,8,10,14H,5,7,9,11H2,1H3,(H,23,24)/t15-;2*14-;;/m010../s1. The zero-order valence-corrected chi connectivity index (χ0v) is 70.9. The number of nitrogens with zero attached hydrogens (tertiary/aromatic N) is 16. The summed E-state index contributed by atoms with van der Waals surface area (Å²) >= 11 is 0. The number of aryl methyl sites for hydroxylation is 5. The number of carbonyl (C=O) groups is 5. The minimum absolute atomic E-state index is 0.221. The van der Waals surface area contributed by atoms with E-state index >= 15 is 0 Å². The number of hydrogen-bond acceptors (Lipinski definition) is 21. The van der Waals surface area contributed by atoms with Gasteiger partial charge < -0.3 is 44.1 Å². The maximum absolute atomic E-state index is 12.2. The van der Waals surface area contributed by atoms with Crippen molar-refractivity contribution in [2.24, 2.45) is 0 Å². The first-order chi connectivity index (χ1) is 61.7. The summed E-state index contributed by atoms with van der Waals surface area (Å²) in [6.45, 7) is 17.3. The lowest BCUT2D eigenvalue weighted by molar-refractivity contribution is 0.0684. The van der Waals surface area contributed by atoms with E-state index in [0.29, 0.717) is 93.0 Å². The van der Waals surface area contributed by atoms with E-state index in [4.69, 9.17) is 54.4 Å². The smallest absolute Gasteiger partial charge is 0.336 e. The second-order valence-electron chi connectivity index (χ2n) is 32.5. The topological polar surface area (TPSA) is 402 Å². The number of pyridine rings is 5. The molecule has 5 saturated heterocycles. The number of carboxylic acids is 4. The third-order valence-corrected chi connectivity index (χ3v) is 23.6. The summed E-state index contributed by atoms with van der Waals surface area (Å²) in [6.07, 6.45) is 24.3. The van der Waals surface area contributed by atoms with Crippen LogP contribution in [0.2, 0.25) is 0 Å². The second kappa shape index (κ2) is 38.9. The molecule has 31 heteroatoms. The minimum Gasteiger partial charge on any atom is -0.478 e. The van der Waals surface area contributed by atoms with Crippen LogP contribution in [-0.4, -0.2) is 190 Å². The fraction of sp³-hybridized carbons (Fsp3) is 0.312. The Labute approximate surface area is 729 Å². The number of benzene rings is 5. The molecule has 1 amide bonds. The molecule has 0 bridgehead atoms. The lowest BCUT2D eigenvalue weighted by Gasteiger charge is -2.09. The van der Waals surface area contributed by atoms with Crippen LogP contribution in [0.4, 0.5) is 0 Å². The normalized spacial score (nSPS) is 17.1. The molecule has 2 unspecified atom stereocenters. The van der Waals surface area contributed by atoms with E-state index in [1.165, 1.54) is 49.1 Å². The molecule has 5 fully saturated rings. The van der Waals surface area contributed by atoms with Crippen LogP contribution in [0.5, 0.6) is 0 Å². The molecule has 31 nitrogen and oxygen atoms in total. The fourth-order valence-electron chi connectivity index (χ4n) is 17.1. The van der Waals surface area contributed by atoms with Gasteiger partial charge >= 0.3 is 23.9 Å². The summed E-state index contributed by atoms with van der Waals surface area (Å²) in [6, 6.07) is 40.3. The van der Waals surface area contributed by atoms with Gasteiger partial charge in [-0.2, -0.15) is 30.8 Å².